The highest BCUT2D eigenvalue weighted by Crippen LogP contribution is 2.33. The molecule has 4 rings (SSSR count). The number of halogens is 1. The highest BCUT2D eigenvalue weighted by atomic mass is 19.1. The van der Waals surface area contributed by atoms with Gasteiger partial charge in [0.2, 0.25) is 5.91 Å². The van der Waals surface area contributed by atoms with Crippen LogP contribution < -0.4 is 14.8 Å². The number of carbonyl (C=O) groups excluding carboxylic acids is 1. The number of nitrogens with one attached hydrogen (secondary N) is 1. The molecular formula is C21H19FN2O4. The van der Waals surface area contributed by atoms with Gasteiger partial charge in [0.25, 0.3) is 0 Å². The molecule has 3 aromatic rings. The van der Waals surface area contributed by atoms with Crippen LogP contribution in [0.2, 0.25) is 0 Å². The summed E-state index contributed by atoms with van der Waals surface area (Å²) in [6.45, 7) is 1.88. The lowest BCUT2D eigenvalue weighted by molar-refractivity contribution is -0.125. The van der Waals surface area contributed by atoms with Crippen molar-refractivity contribution in [2.24, 2.45) is 5.92 Å². The lowest BCUT2D eigenvalue weighted by atomic mass is 9.81. The molecule has 1 aliphatic rings. The van der Waals surface area contributed by atoms with Crippen molar-refractivity contribution in [2.45, 2.75) is 25.9 Å². The summed E-state index contributed by atoms with van der Waals surface area (Å²) < 4.78 is 29.3. The van der Waals surface area contributed by atoms with Gasteiger partial charge in [-0.15, -0.1) is 0 Å². The fourth-order valence-corrected chi connectivity index (χ4v) is 3.02. The Bertz CT molecular complexity index is 951. The summed E-state index contributed by atoms with van der Waals surface area (Å²) in [6, 6.07) is 11.3. The van der Waals surface area contributed by atoms with Crippen LogP contribution in [0.25, 0.3) is 0 Å². The third-order valence-electron chi connectivity index (χ3n) is 4.63. The number of aromatic nitrogens is 1. The topological polar surface area (TPSA) is 73.6 Å². The molecule has 0 spiro atoms. The lowest BCUT2D eigenvalue weighted by Gasteiger charge is -2.34. The standard InChI is InChI=1S/C21H19FN2O4/c1-13-10-16(4-7-19(13)28-21-23-8-9-26-21)24-20(25)14-11-18(12-14)27-17-5-2-15(22)3-6-17/h2-10,14,18H,11-12H2,1H3,(H,24,25). The molecule has 1 saturated carbocycles. The molecule has 0 aliphatic heterocycles. The zero-order chi connectivity index (χ0) is 19.5. The summed E-state index contributed by atoms with van der Waals surface area (Å²) in [4.78, 5) is 16.3. The first-order valence-corrected chi connectivity index (χ1v) is 8.98. The van der Waals surface area contributed by atoms with E-state index in [9.17, 15) is 9.18 Å². The molecule has 0 atom stereocenters. The van der Waals surface area contributed by atoms with Crippen molar-refractivity contribution in [1.82, 2.24) is 4.98 Å². The van der Waals surface area contributed by atoms with E-state index in [1.54, 1.807) is 24.3 Å². The summed E-state index contributed by atoms with van der Waals surface area (Å²) in [6.07, 6.45) is 4.35. The van der Waals surface area contributed by atoms with Crippen molar-refractivity contribution in [1.29, 1.82) is 0 Å². The number of rotatable bonds is 6. The number of carbonyl (C=O) groups is 1. The number of oxazole rings is 1. The minimum atomic E-state index is -0.301. The van der Waals surface area contributed by atoms with Crippen molar-refractivity contribution in [3.63, 3.8) is 0 Å². The van der Waals surface area contributed by atoms with Crippen molar-refractivity contribution in [3.05, 3.63) is 66.3 Å². The maximum atomic E-state index is 12.9. The van der Waals surface area contributed by atoms with Crippen LogP contribution in [0.15, 0.2) is 59.3 Å². The predicted molar refractivity (Wildman–Crippen MR) is 99.9 cm³/mol. The van der Waals surface area contributed by atoms with Crippen LogP contribution in [0.1, 0.15) is 18.4 Å². The maximum Gasteiger partial charge on any atom is 0.399 e. The fraction of sp³-hybridized carbons (Fsp3) is 0.238. The van der Waals surface area contributed by atoms with Gasteiger partial charge in [-0.2, -0.15) is 4.98 Å². The highest BCUT2D eigenvalue weighted by molar-refractivity contribution is 5.93. The zero-order valence-corrected chi connectivity index (χ0v) is 15.2. The Kier molecular flexibility index (Phi) is 4.97. The molecule has 28 heavy (non-hydrogen) atoms. The van der Waals surface area contributed by atoms with Crippen molar-refractivity contribution in [2.75, 3.05) is 5.32 Å². The van der Waals surface area contributed by atoms with Crippen LogP contribution in [0.4, 0.5) is 10.1 Å². The molecular weight excluding hydrogens is 363 g/mol. The van der Waals surface area contributed by atoms with E-state index in [0.29, 0.717) is 30.0 Å². The minimum absolute atomic E-state index is 0.0282. The molecule has 2 aromatic carbocycles. The molecule has 6 nitrogen and oxygen atoms in total. The summed E-state index contributed by atoms with van der Waals surface area (Å²) >= 11 is 0. The zero-order valence-electron chi connectivity index (χ0n) is 15.2. The number of benzene rings is 2. The average molecular weight is 382 g/mol. The number of anilines is 1. The smallest absolute Gasteiger partial charge is 0.399 e. The molecule has 0 saturated heterocycles. The molecule has 0 unspecified atom stereocenters. The third-order valence-corrected chi connectivity index (χ3v) is 4.63. The molecule has 1 aliphatic carbocycles. The summed E-state index contributed by atoms with van der Waals surface area (Å²) in [7, 11) is 0. The second kappa shape index (κ2) is 7.72. The van der Waals surface area contributed by atoms with Crippen LogP contribution in [0, 0.1) is 18.7 Å². The molecule has 0 bridgehead atoms. The monoisotopic (exact) mass is 382 g/mol. The van der Waals surface area contributed by atoms with E-state index in [2.05, 4.69) is 10.3 Å². The largest absolute Gasteiger partial charge is 0.490 e. The Morgan fingerprint density at radius 2 is 2.00 bits per heavy atom. The molecule has 1 amide bonds. The van der Waals surface area contributed by atoms with E-state index in [4.69, 9.17) is 13.9 Å². The Morgan fingerprint density at radius 3 is 2.68 bits per heavy atom. The fourth-order valence-electron chi connectivity index (χ4n) is 3.02. The van der Waals surface area contributed by atoms with E-state index in [1.165, 1.54) is 24.6 Å². The van der Waals surface area contributed by atoms with Gasteiger partial charge < -0.3 is 19.2 Å². The van der Waals surface area contributed by atoms with Gasteiger partial charge in [0, 0.05) is 11.6 Å². The van der Waals surface area contributed by atoms with Crippen LogP contribution in [-0.2, 0) is 4.79 Å². The average Bonchev–Trinajstić information content (AvgIpc) is 3.14. The number of amides is 1. The van der Waals surface area contributed by atoms with Crippen molar-refractivity contribution >= 4 is 11.6 Å². The van der Waals surface area contributed by atoms with E-state index >= 15 is 0 Å². The Morgan fingerprint density at radius 1 is 1.21 bits per heavy atom. The van der Waals surface area contributed by atoms with Gasteiger partial charge in [-0.1, -0.05) is 0 Å². The maximum absolute atomic E-state index is 12.9. The van der Waals surface area contributed by atoms with Crippen LogP contribution in [0.3, 0.4) is 0 Å². The van der Waals surface area contributed by atoms with Gasteiger partial charge in [-0.25, -0.2) is 4.39 Å². The van der Waals surface area contributed by atoms with Gasteiger partial charge in [0.05, 0.1) is 6.20 Å². The molecule has 0 radical (unpaired) electrons. The summed E-state index contributed by atoms with van der Waals surface area (Å²) in [5.41, 5.74) is 1.55. The predicted octanol–water partition coefficient (Wildman–Crippen LogP) is 4.71. The van der Waals surface area contributed by atoms with E-state index in [-0.39, 0.29) is 29.8 Å². The number of hydrogen-bond donors (Lipinski definition) is 1. The SMILES string of the molecule is Cc1cc(NC(=O)C2CC(Oc3ccc(F)cc3)C2)ccc1Oc1ncco1. The number of aryl methyl sites for hydroxylation is 1. The normalized spacial score (nSPS) is 18.2. The first-order chi connectivity index (χ1) is 13.6. The molecule has 1 N–H and O–H groups in total. The van der Waals surface area contributed by atoms with Gasteiger partial charge in [0.1, 0.15) is 29.7 Å². The summed E-state index contributed by atoms with van der Waals surface area (Å²) in [5.74, 6) is 0.776. The number of ether oxygens (including phenoxy) is 2. The second-order valence-electron chi connectivity index (χ2n) is 6.73. The molecule has 144 valence electrons. The number of hydrogen-bond acceptors (Lipinski definition) is 5. The van der Waals surface area contributed by atoms with E-state index < -0.39 is 0 Å². The van der Waals surface area contributed by atoms with Crippen molar-refractivity contribution in [3.8, 4) is 17.6 Å². The molecule has 1 aromatic heterocycles. The third kappa shape index (κ3) is 4.14. The quantitative estimate of drug-likeness (QED) is 0.668. The van der Waals surface area contributed by atoms with Gasteiger partial charge in [-0.3, -0.25) is 4.79 Å². The van der Waals surface area contributed by atoms with Crippen LogP contribution in [0.5, 0.6) is 17.6 Å². The lowest BCUT2D eigenvalue weighted by Crippen LogP contribution is -2.40. The number of nitrogens with zero attached hydrogens (tertiary/aromatic N) is 1. The Labute approximate surface area is 161 Å². The second-order valence-corrected chi connectivity index (χ2v) is 6.73. The van der Waals surface area contributed by atoms with Crippen LogP contribution >= 0.6 is 0 Å². The first-order valence-electron chi connectivity index (χ1n) is 8.98. The van der Waals surface area contributed by atoms with Crippen LogP contribution in [-0.4, -0.2) is 17.0 Å². The first kappa shape index (κ1) is 18.0. The molecule has 1 fully saturated rings. The molecule has 1 heterocycles. The van der Waals surface area contributed by atoms with E-state index in [0.717, 1.165) is 5.56 Å². The van der Waals surface area contributed by atoms with Gasteiger partial charge in [-0.05, 0) is 67.8 Å². The van der Waals surface area contributed by atoms with Crippen molar-refractivity contribution < 1.29 is 23.1 Å². The molecule has 7 heteroatoms. The van der Waals surface area contributed by atoms with Gasteiger partial charge in [0.15, 0.2) is 0 Å². The Hall–Kier alpha value is -3.35. The van der Waals surface area contributed by atoms with Gasteiger partial charge >= 0.3 is 6.08 Å². The highest BCUT2D eigenvalue weighted by Gasteiger charge is 2.36. The van der Waals surface area contributed by atoms with E-state index in [1.807, 2.05) is 13.0 Å². The summed E-state index contributed by atoms with van der Waals surface area (Å²) in [5, 5.41) is 2.92. The Balaban J connectivity index is 1.28. The minimum Gasteiger partial charge on any atom is -0.490 e.